The van der Waals surface area contributed by atoms with E-state index in [1.165, 1.54) is 12.3 Å². The van der Waals surface area contributed by atoms with Crippen molar-refractivity contribution in [2.45, 2.75) is 24.9 Å². The number of rotatable bonds is 4. The normalized spacial score (nSPS) is 21.5. The molecular weight excluding hydrogens is 321 g/mol. The zero-order chi connectivity index (χ0) is 16.4. The molecule has 1 aromatic carbocycles. The molecule has 0 radical (unpaired) electrons. The highest BCUT2D eigenvalue weighted by molar-refractivity contribution is 6.30. The Balaban J connectivity index is 1.73. The first-order valence-corrected chi connectivity index (χ1v) is 7.76. The van der Waals surface area contributed by atoms with E-state index in [-0.39, 0.29) is 29.4 Å². The maximum atomic E-state index is 13.7. The second-order valence-electron chi connectivity index (χ2n) is 5.73. The van der Waals surface area contributed by atoms with Crippen molar-refractivity contribution >= 4 is 17.5 Å². The van der Waals surface area contributed by atoms with Gasteiger partial charge in [-0.25, -0.2) is 4.39 Å². The van der Waals surface area contributed by atoms with E-state index in [1.807, 2.05) is 7.05 Å². The number of likely N-dealkylation sites (tertiary alicyclic amines) is 1. The molecule has 2 aromatic rings. The number of halogens is 2. The smallest absolute Gasteiger partial charge is 0.226 e. The van der Waals surface area contributed by atoms with Gasteiger partial charge in [-0.2, -0.15) is 0 Å². The molecule has 122 valence electrons. The fourth-order valence-electron chi connectivity index (χ4n) is 3.03. The highest BCUT2D eigenvalue weighted by atomic mass is 35.5. The van der Waals surface area contributed by atoms with E-state index in [1.54, 1.807) is 18.2 Å². The molecule has 0 saturated carbocycles. The van der Waals surface area contributed by atoms with Gasteiger partial charge >= 0.3 is 0 Å². The second-order valence-corrected chi connectivity index (χ2v) is 6.14. The van der Waals surface area contributed by atoms with Gasteiger partial charge in [-0.05, 0) is 31.2 Å². The van der Waals surface area contributed by atoms with Crippen LogP contribution in [0.1, 0.15) is 23.7 Å². The van der Waals surface area contributed by atoms with Gasteiger partial charge in [-0.3, -0.25) is 9.69 Å². The van der Waals surface area contributed by atoms with Crippen molar-refractivity contribution in [2.75, 3.05) is 13.6 Å². The predicted octanol–water partition coefficient (Wildman–Crippen LogP) is 2.57. The van der Waals surface area contributed by atoms with Gasteiger partial charge in [0.05, 0.1) is 23.2 Å². The zero-order valence-corrected chi connectivity index (χ0v) is 13.4. The van der Waals surface area contributed by atoms with E-state index < -0.39 is 5.82 Å². The average molecular weight is 338 g/mol. The summed E-state index contributed by atoms with van der Waals surface area (Å²) in [6.45, 7) is 0.823. The number of benzene rings is 1. The summed E-state index contributed by atoms with van der Waals surface area (Å²) < 4.78 is 18.5. The minimum atomic E-state index is -0.447. The molecule has 1 saturated heterocycles. The van der Waals surface area contributed by atoms with Crippen LogP contribution in [0.25, 0.3) is 0 Å². The molecule has 1 N–H and O–H groups in total. The molecule has 1 amide bonds. The van der Waals surface area contributed by atoms with Gasteiger partial charge in [0.25, 0.3) is 0 Å². The number of nitrogens with zero attached hydrogens (tertiary/aromatic N) is 2. The lowest BCUT2D eigenvalue weighted by molar-refractivity contribution is -0.121. The van der Waals surface area contributed by atoms with E-state index in [9.17, 15) is 9.18 Å². The number of hydrogen-bond acceptors (Lipinski definition) is 4. The second kappa shape index (κ2) is 6.68. The monoisotopic (exact) mass is 337 g/mol. The number of nitrogens with one attached hydrogen (secondary N) is 1. The molecule has 1 aliphatic heterocycles. The first-order valence-electron chi connectivity index (χ1n) is 7.38. The van der Waals surface area contributed by atoms with Crippen molar-refractivity contribution in [3.63, 3.8) is 0 Å². The highest BCUT2D eigenvalue weighted by Gasteiger charge is 2.34. The van der Waals surface area contributed by atoms with Gasteiger partial charge in [0.1, 0.15) is 12.1 Å². The Morgan fingerprint density at radius 3 is 3.04 bits per heavy atom. The molecule has 1 aliphatic rings. The van der Waals surface area contributed by atoms with Gasteiger partial charge in [0.15, 0.2) is 0 Å². The minimum Gasteiger partial charge on any atom is -0.364 e. The van der Waals surface area contributed by atoms with Crippen LogP contribution in [0.2, 0.25) is 5.02 Å². The standard InChI is InChI=1S/C16H17ClFN3O2/c1-21-6-4-14(19-15(22)9-11-5-7-23-20-11)16(21)10-2-3-12(17)13(18)8-10/h2-3,5,7-8,14,16H,4,6,9H2,1H3,(H,19,22). The Kier molecular flexibility index (Phi) is 4.63. The molecule has 1 fully saturated rings. The lowest BCUT2D eigenvalue weighted by Crippen LogP contribution is -2.39. The van der Waals surface area contributed by atoms with Crippen molar-refractivity contribution in [1.82, 2.24) is 15.4 Å². The molecule has 23 heavy (non-hydrogen) atoms. The van der Waals surface area contributed by atoms with Gasteiger partial charge in [-0.15, -0.1) is 0 Å². The summed E-state index contributed by atoms with van der Waals surface area (Å²) in [6.07, 6.45) is 2.40. The van der Waals surface area contributed by atoms with Crippen LogP contribution in [0, 0.1) is 5.82 Å². The van der Waals surface area contributed by atoms with E-state index in [0.29, 0.717) is 5.69 Å². The maximum absolute atomic E-state index is 13.7. The molecule has 0 aliphatic carbocycles. The summed E-state index contributed by atoms with van der Waals surface area (Å²) in [4.78, 5) is 14.3. The number of carbonyl (C=O) groups excluding carboxylic acids is 1. The summed E-state index contributed by atoms with van der Waals surface area (Å²) in [7, 11) is 1.96. The van der Waals surface area contributed by atoms with Crippen molar-refractivity contribution < 1.29 is 13.7 Å². The minimum absolute atomic E-state index is 0.0805. The quantitative estimate of drug-likeness (QED) is 0.931. The third-order valence-electron chi connectivity index (χ3n) is 4.11. The summed E-state index contributed by atoms with van der Waals surface area (Å²) in [5, 5.41) is 6.84. The van der Waals surface area contributed by atoms with E-state index >= 15 is 0 Å². The first kappa shape index (κ1) is 16.0. The number of hydrogen-bond donors (Lipinski definition) is 1. The van der Waals surface area contributed by atoms with Gasteiger partial charge in [0, 0.05) is 18.7 Å². The van der Waals surface area contributed by atoms with E-state index in [0.717, 1.165) is 18.5 Å². The molecule has 3 rings (SSSR count). The van der Waals surface area contributed by atoms with E-state index in [4.69, 9.17) is 16.1 Å². The van der Waals surface area contributed by atoms with Gasteiger partial charge in [0.2, 0.25) is 5.91 Å². The molecule has 2 heterocycles. The molecule has 5 nitrogen and oxygen atoms in total. The van der Waals surface area contributed by atoms with Crippen molar-refractivity contribution in [3.05, 3.63) is 52.6 Å². The van der Waals surface area contributed by atoms with Crippen LogP contribution in [0.15, 0.2) is 35.1 Å². The lowest BCUT2D eigenvalue weighted by atomic mass is 10.00. The van der Waals surface area contributed by atoms with Crippen molar-refractivity contribution in [2.24, 2.45) is 0 Å². The molecule has 2 atom stereocenters. The largest absolute Gasteiger partial charge is 0.364 e. The Bertz CT molecular complexity index is 693. The summed E-state index contributed by atoms with van der Waals surface area (Å²) >= 11 is 5.75. The Morgan fingerprint density at radius 2 is 2.35 bits per heavy atom. The molecule has 7 heteroatoms. The van der Waals surface area contributed by atoms with Gasteiger partial charge in [-0.1, -0.05) is 22.8 Å². The SMILES string of the molecule is CN1CCC(NC(=O)Cc2ccon2)C1c1ccc(Cl)c(F)c1. The first-order chi connectivity index (χ1) is 11.0. The number of amides is 1. The molecule has 1 aromatic heterocycles. The van der Waals surface area contributed by atoms with Crippen molar-refractivity contribution in [1.29, 1.82) is 0 Å². The summed E-state index contributed by atoms with van der Waals surface area (Å²) in [5.41, 5.74) is 1.39. The Hall–Kier alpha value is -1.92. The Morgan fingerprint density at radius 1 is 1.52 bits per heavy atom. The third kappa shape index (κ3) is 3.54. The van der Waals surface area contributed by atoms with E-state index in [2.05, 4.69) is 15.4 Å². The molecular formula is C16H17ClFN3O2. The lowest BCUT2D eigenvalue weighted by Gasteiger charge is -2.26. The maximum Gasteiger partial charge on any atom is 0.226 e. The molecule has 0 bridgehead atoms. The van der Waals surface area contributed by atoms with Crippen LogP contribution in [0.3, 0.4) is 0 Å². The number of aromatic nitrogens is 1. The summed E-state index contributed by atoms with van der Waals surface area (Å²) in [5.74, 6) is -0.573. The molecule has 2 unspecified atom stereocenters. The van der Waals surface area contributed by atoms with Gasteiger partial charge < -0.3 is 9.84 Å². The van der Waals surface area contributed by atoms with Crippen LogP contribution in [-0.2, 0) is 11.2 Å². The van der Waals surface area contributed by atoms with Crippen LogP contribution in [-0.4, -0.2) is 35.6 Å². The molecule has 0 spiro atoms. The number of carbonyl (C=O) groups is 1. The average Bonchev–Trinajstić information content (AvgIpc) is 3.12. The predicted molar refractivity (Wildman–Crippen MR) is 83.5 cm³/mol. The fraction of sp³-hybridized carbons (Fsp3) is 0.375. The summed E-state index contributed by atoms with van der Waals surface area (Å²) in [6, 6.07) is 6.28. The third-order valence-corrected chi connectivity index (χ3v) is 4.42. The van der Waals surface area contributed by atoms with Crippen LogP contribution >= 0.6 is 11.6 Å². The number of likely N-dealkylation sites (N-methyl/N-ethyl adjacent to an activating group) is 1. The zero-order valence-electron chi connectivity index (χ0n) is 12.6. The highest BCUT2D eigenvalue weighted by Crippen LogP contribution is 2.32. The van der Waals surface area contributed by atoms with Crippen LogP contribution < -0.4 is 5.32 Å². The fourth-order valence-corrected chi connectivity index (χ4v) is 3.15. The Labute approximate surface area is 138 Å². The van der Waals surface area contributed by atoms with Crippen molar-refractivity contribution in [3.8, 4) is 0 Å². The van der Waals surface area contributed by atoms with Crippen LogP contribution in [0.4, 0.5) is 4.39 Å². The van der Waals surface area contributed by atoms with Crippen LogP contribution in [0.5, 0.6) is 0 Å². The topological polar surface area (TPSA) is 58.4 Å².